The summed E-state index contributed by atoms with van der Waals surface area (Å²) in [5.74, 6) is 0.534. The first kappa shape index (κ1) is 18.7. The van der Waals surface area contributed by atoms with Crippen LogP contribution in [0.15, 0.2) is 24.3 Å². The minimum Gasteiger partial charge on any atom is -0.486 e. The maximum atomic E-state index is 12.4. The fourth-order valence-electron chi connectivity index (χ4n) is 3.16. The molecule has 1 heterocycles. The average Bonchev–Trinajstić information content (AvgIpc) is 2.99. The molecule has 1 atom stereocenters. The number of allylic oxidation sites excluding steroid dienone is 1. The highest BCUT2D eigenvalue weighted by molar-refractivity contribution is 5.85. The number of ether oxygens (including phenoxy) is 1. The number of hydrogen-bond acceptors (Lipinski definition) is 5. The van der Waals surface area contributed by atoms with Crippen molar-refractivity contribution in [3.05, 3.63) is 35.4 Å². The summed E-state index contributed by atoms with van der Waals surface area (Å²) >= 11 is 0. The SMILES string of the molecule is CC/C=C1\c2cccc(OCC=O)c2CN1C(CCC=O)C(=O)NC. The average molecular weight is 344 g/mol. The van der Waals surface area contributed by atoms with E-state index in [1.165, 1.54) is 0 Å². The summed E-state index contributed by atoms with van der Waals surface area (Å²) in [6, 6.07) is 5.27. The highest BCUT2D eigenvalue weighted by atomic mass is 16.5. The molecule has 6 heteroatoms. The van der Waals surface area contributed by atoms with Crippen LogP contribution >= 0.6 is 0 Å². The third kappa shape index (κ3) is 4.07. The smallest absolute Gasteiger partial charge is 0.242 e. The van der Waals surface area contributed by atoms with Gasteiger partial charge in [0.25, 0.3) is 0 Å². The van der Waals surface area contributed by atoms with Gasteiger partial charge in [0.15, 0.2) is 6.29 Å². The van der Waals surface area contributed by atoms with Gasteiger partial charge in [0.2, 0.25) is 5.91 Å². The summed E-state index contributed by atoms with van der Waals surface area (Å²) in [5, 5.41) is 2.69. The van der Waals surface area contributed by atoms with Crippen LogP contribution in [0.5, 0.6) is 5.75 Å². The lowest BCUT2D eigenvalue weighted by Gasteiger charge is -2.29. The van der Waals surface area contributed by atoms with Crippen LogP contribution in [0.3, 0.4) is 0 Å². The molecule has 0 bridgehead atoms. The van der Waals surface area contributed by atoms with E-state index < -0.39 is 6.04 Å². The number of rotatable bonds is 9. The molecule has 1 aromatic rings. The van der Waals surface area contributed by atoms with Crippen molar-refractivity contribution in [2.24, 2.45) is 0 Å². The van der Waals surface area contributed by atoms with E-state index in [4.69, 9.17) is 4.74 Å². The Balaban J connectivity index is 2.41. The lowest BCUT2D eigenvalue weighted by molar-refractivity contribution is -0.125. The van der Waals surface area contributed by atoms with Crippen LogP contribution in [0, 0.1) is 0 Å². The molecule has 134 valence electrons. The first-order valence-electron chi connectivity index (χ1n) is 8.48. The molecule has 0 aromatic heterocycles. The van der Waals surface area contributed by atoms with Gasteiger partial charge in [-0.3, -0.25) is 9.59 Å². The Hall–Kier alpha value is -2.63. The molecule has 2 rings (SSSR count). The molecule has 1 amide bonds. The number of fused-ring (bicyclic) bond motifs is 1. The monoisotopic (exact) mass is 344 g/mol. The minimum atomic E-state index is -0.431. The zero-order valence-corrected chi connectivity index (χ0v) is 14.7. The molecule has 0 fully saturated rings. The van der Waals surface area contributed by atoms with Crippen molar-refractivity contribution in [3.8, 4) is 5.75 Å². The van der Waals surface area contributed by atoms with E-state index in [1.807, 2.05) is 30.0 Å². The summed E-state index contributed by atoms with van der Waals surface area (Å²) in [6.45, 7) is 2.54. The van der Waals surface area contributed by atoms with Crippen molar-refractivity contribution in [1.82, 2.24) is 10.2 Å². The van der Waals surface area contributed by atoms with Gasteiger partial charge in [-0.15, -0.1) is 0 Å². The van der Waals surface area contributed by atoms with Gasteiger partial charge in [0.1, 0.15) is 24.7 Å². The molecule has 1 aromatic carbocycles. The fourth-order valence-corrected chi connectivity index (χ4v) is 3.16. The molecule has 1 aliphatic rings. The number of amides is 1. The number of nitrogens with one attached hydrogen (secondary N) is 1. The van der Waals surface area contributed by atoms with Crippen molar-refractivity contribution in [2.75, 3.05) is 13.7 Å². The first-order chi connectivity index (χ1) is 12.2. The molecule has 0 aliphatic carbocycles. The van der Waals surface area contributed by atoms with E-state index in [0.29, 0.717) is 31.4 Å². The zero-order chi connectivity index (χ0) is 18.2. The van der Waals surface area contributed by atoms with Gasteiger partial charge in [-0.25, -0.2) is 0 Å². The quantitative estimate of drug-likeness (QED) is 0.693. The Morgan fingerprint density at radius 1 is 1.36 bits per heavy atom. The topological polar surface area (TPSA) is 75.7 Å². The Bertz CT molecular complexity index is 669. The molecule has 1 aliphatic heterocycles. The standard InChI is InChI=1S/C19H24N2O4/c1-3-6-16-14-7-4-9-18(25-12-11-23)15(14)13-21(16)17(8-5-10-22)19(24)20-2/h4,6-7,9-11,17H,3,5,8,12-13H2,1-2H3,(H,20,24)/b16-6+. The predicted octanol–water partition coefficient (Wildman–Crippen LogP) is 1.92. The summed E-state index contributed by atoms with van der Waals surface area (Å²) in [6.07, 6.45) is 5.21. The van der Waals surface area contributed by atoms with Gasteiger partial charge < -0.3 is 19.7 Å². The lowest BCUT2D eigenvalue weighted by Crippen LogP contribution is -2.43. The van der Waals surface area contributed by atoms with Crippen LogP contribution < -0.4 is 10.1 Å². The molecular formula is C19H24N2O4. The van der Waals surface area contributed by atoms with Crippen molar-refractivity contribution in [3.63, 3.8) is 0 Å². The molecule has 0 saturated heterocycles. The summed E-state index contributed by atoms with van der Waals surface area (Å²) in [5.41, 5.74) is 2.93. The van der Waals surface area contributed by atoms with E-state index in [1.54, 1.807) is 7.05 Å². The number of aldehydes is 2. The van der Waals surface area contributed by atoms with Crippen molar-refractivity contribution < 1.29 is 19.1 Å². The third-order valence-electron chi connectivity index (χ3n) is 4.23. The summed E-state index contributed by atoms with van der Waals surface area (Å²) < 4.78 is 5.54. The van der Waals surface area contributed by atoms with Gasteiger partial charge >= 0.3 is 0 Å². The Morgan fingerprint density at radius 3 is 2.80 bits per heavy atom. The number of carbonyl (C=O) groups excluding carboxylic acids is 3. The molecule has 1 N–H and O–H groups in total. The number of hydrogen-bond donors (Lipinski definition) is 1. The van der Waals surface area contributed by atoms with E-state index in [0.717, 1.165) is 29.5 Å². The Kier molecular flexibility index (Phi) is 6.74. The van der Waals surface area contributed by atoms with Crippen LogP contribution in [0.25, 0.3) is 5.70 Å². The molecule has 25 heavy (non-hydrogen) atoms. The molecule has 0 radical (unpaired) electrons. The van der Waals surface area contributed by atoms with E-state index in [9.17, 15) is 14.4 Å². The normalized spacial score (nSPS) is 15.6. The van der Waals surface area contributed by atoms with Crippen molar-refractivity contribution in [2.45, 2.75) is 38.8 Å². The van der Waals surface area contributed by atoms with Gasteiger partial charge in [0.05, 0.1) is 0 Å². The second kappa shape index (κ2) is 9.01. The summed E-state index contributed by atoms with van der Waals surface area (Å²) in [4.78, 5) is 35.9. The second-order valence-corrected chi connectivity index (χ2v) is 5.76. The third-order valence-corrected chi connectivity index (χ3v) is 4.23. The second-order valence-electron chi connectivity index (χ2n) is 5.76. The van der Waals surface area contributed by atoms with Gasteiger partial charge in [-0.1, -0.05) is 25.1 Å². The van der Waals surface area contributed by atoms with Crippen LogP contribution in [0.2, 0.25) is 0 Å². The molecule has 0 spiro atoms. The van der Waals surface area contributed by atoms with Gasteiger partial charge in [-0.05, 0) is 18.9 Å². The van der Waals surface area contributed by atoms with E-state index >= 15 is 0 Å². The predicted molar refractivity (Wildman–Crippen MR) is 95.0 cm³/mol. The van der Waals surface area contributed by atoms with Crippen molar-refractivity contribution in [1.29, 1.82) is 0 Å². The maximum absolute atomic E-state index is 12.4. The number of benzene rings is 1. The highest BCUT2D eigenvalue weighted by Gasteiger charge is 2.34. The van der Waals surface area contributed by atoms with Crippen LogP contribution in [-0.4, -0.2) is 43.1 Å². The highest BCUT2D eigenvalue weighted by Crippen LogP contribution is 2.40. The molecule has 0 saturated carbocycles. The van der Waals surface area contributed by atoms with E-state index in [2.05, 4.69) is 11.4 Å². The maximum Gasteiger partial charge on any atom is 0.242 e. The molecular weight excluding hydrogens is 320 g/mol. The molecule has 6 nitrogen and oxygen atoms in total. The van der Waals surface area contributed by atoms with Crippen LogP contribution in [-0.2, 0) is 20.9 Å². The van der Waals surface area contributed by atoms with Gasteiger partial charge in [-0.2, -0.15) is 0 Å². The molecule has 1 unspecified atom stereocenters. The summed E-state index contributed by atoms with van der Waals surface area (Å²) in [7, 11) is 1.60. The fraction of sp³-hybridized carbons (Fsp3) is 0.421. The zero-order valence-electron chi connectivity index (χ0n) is 14.7. The first-order valence-corrected chi connectivity index (χ1v) is 8.48. The van der Waals surface area contributed by atoms with Crippen molar-refractivity contribution >= 4 is 24.2 Å². The minimum absolute atomic E-state index is 0.00665. The Morgan fingerprint density at radius 2 is 2.16 bits per heavy atom. The largest absolute Gasteiger partial charge is 0.486 e. The van der Waals surface area contributed by atoms with Gasteiger partial charge in [0, 0.05) is 36.8 Å². The number of carbonyl (C=O) groups is 3. The number of nitrogens with zero attached hydrogens (tertiary/aromatic N) is 1. The van der Waals surface area contributed by atoms with E-state index in [-0.39, 0.29) is 12.5 Å². The number of likely N-dealkylation sites (N-methyl/N-ethyl adjacent to an activating group) is 1. The lowest BCUT2D eigenvalue weighted by atomic mass is 10.1. The van der Waals surface area contributed by atoms with Crippen LogP contribution in [0.4, 0.5) is 0 Å². The Labute approximate surface area is 147 Å². The van der Waals surface area contributed by atoms with Crippen LogP contribution in [0.1, 0.15) is 37.3 Å².